The van der Waals surface area contributed by atoms with Crippen molar-refractivity contribution in [2.45, 2.75) is 6.61 Å². The molecule has 2 aromatic heterocycles. The molecule has 0 spiro atoms. The van der Waals surface area contributed by atoms with Crippen molar-refractivity contribution >= 4 is 16.9 Å². The van der Waals surface area contributed by atoms with Gasteiger partial charge in [-0.15, -0.1) is 0 Å². The number of hydrogen-bond donors (Lipinski definition) is 1. The van der Waals surface area contributed by atoms with Gasteiger partial charge in [-0.25, -0.2) is 14.8 Å². The fraction of sp³-hybridized carbons (Fsp3) is 0.0667. The summed E-state index contributed by atoms with van der Waals surface area (Å²) in [5, 5.41) is 10.0. The zero-order valence-electron chi connectivity index (χ0n) is 10.9. The number of carbonyl (C=O) groups is 1. The van der Waals surface area contributed by atoms with Crippen molar-refractivity contribution < 1.29 is 14.6 Å². The van der Waals surface area contributed by atoms with Gasteiger partial charge < -0.3 is 9.84 Å². The van der Waals surface area contributed by atoms with Crippen LogP contribution in [-0.2, 0) is 6.61 Å². The first-order valence-corrected chi connectivity index (χ1v) is 6.24. The van der Waals surface area contributed by atoms with Crippen molar-refractivity contribution in [2.75, 3.05) is 0 Å². The highest BCUT2D eigenvalue weighted by atomic mass is 16.5. The van der Waals surface area contributed by atoms with Gasteiger partial charge in [-0.1, -0.05) is 18.2 Å². The quantitative estimate of drug-likeness (QED) is 0.789. The lowest BCUT2D eigenvalue weighted by molar-refractivity contribution is 0.0692. The standard InChI is InChI=1S/C15H11N3O3/c19-15(20)12-7-16-9-18-14(12)8-21-11-5-10-3-1-2-4-13(10)17-6-11/h1-7,9H,8H2,(H,19,20). The van der Waals surface area contributed by atoms with E-state index < -0.39 is 5.97 Å². The van der Waals surface area contributed by atoms with Crippen LogP contribution in [0.15, 0.2) is 49.1 Å². The average molecular weight is 281 g/mol. The Kier molecular flexibility index (Phi) is 3.42. The second-order valence-electron chi connectivity index (χ2n) is 4.34. The van der Waals surface area contributed by atoms with Crippen LogP contribution in [0.1, 0.15) is 16.1 Å². The minimum Gasteiger partial charge on any atom is -0.486 e. The van der Waals surface area contributed by atoms with E-state index in [1.165, 1.54) is 12.5 Å². The van der Waals surface area contributed by atoms with E-state index >= 15 is 0 Å². The Morgan fingerprint density at radius 2 is 2.05 bits per heavy atom. The number of pyridine rings is 1. The van der Waals surface area contributed by atoms with E-state index in [2.05, 4.69) is 15.0 Å². The molecule has 0 radical (unpaired) electrons. The molecule has 0 aliphatic carbocycles. The second-order valence-corrected chi connectivity index (χ2v) is 4.34. The van der Waals surface area contributed by atoms with Crippen molar-refractivity contribution in [3.63, 3.8) is 0 Å². The molecule has 6 nitrogen and oxygen atoms in total. The maximum atomic E-state index is 11.1. The second kappa shape index (κ2) is 5.54. The Bertz CT molecular complexity index is 805. The van der Waals surface area contributed by atoms with Crippen LogP contribution < -0.4 is 4.74 Å². The van der Waals surface area contributed by atoms with Crippen LogP contribution in [0.5, 0.6) is 5.75 Å². The van der Waals surface area contributed by atoms with Crippen molar-refractivity contribution in [2.24, 2.45) is 0 Å². The van der Waals surface area contributed by atoms with Gasteiger partial charge in [-0.05, 0) is 12.1 Å². The molecule has 21 heavy (non-hydrogen) atoms. The Morgan fingerprint density at radius 1 is 1.19 bits per heavy atom. The maximum absolute atomic E-state index is 11.1. The first kappa shape index (κ1) is 13.0. The van der Waals surface area contributed by atoms with Crippen LogP contribution in [-0.4, -0.2) is 26.0 Å². The zero-order chi connectivity index (χ0) is 14.7. The van der Waals surface area contributed by atoms with Crippen LogP contribution in [0.25, 0.3) is 10.9 Å². The highest BCUT2D eigenvalue weighted by Gasteiger charge is 2.12. The van der Waals surface area contributed by atoms with Crippen molar-refractivity contribution in [1.82, 2.24) is 15.0 Å². The van der Waals surface area contributed by atoms with Crippen LogP contribution >= 0.6 is 0 Å². The maximum Gasteiger partial charge on any atom is 0.339 e. The van der Waals surface area contributed by atoms with Crippen LogP contribution in [0, 0.1) is 0 Å². The van der Waals surface area contributed by atoms with E-state index in [9.17, 15) is 4.79 Å². The minimum atomic E-state index is -1.08. The molecule has 1 N–H and O–H groups in total. The summed E-state index contributed by atoms with van der Waals surface area (Å²) >= 11 is 0. The molecular formula is C15H11N3O3. The molecule has 3 aromatic rings. The summed E-state index contributed by atoms with van der Waals surface area (Å²) in [6.45, 7) is 0.0458. The highest BCUT2D eigenvalue weighted by Crippen LogP contribution is 2.19. The molecule has 0 bridgehead atoms. The van der Waals surface area contributed by atoms with Gasteiger partial charge >= 0.3 is 5.97 Å². The van der Waals surface area contributed by atoms with Gasteiger partial charge in [0.2, 0.25) is 0 Å². The third-order valence-electron chi connectivity index (χ3n) is 2.97. The molecule has 0 saturated heterocycles. The number of aromatic nitrogens is 3. The van der Waals surface area contributed by atoms with Gasteiger partial charge in [0.25, 0.3) is 0 Å². The molecule has 0 aliphatic heterocycles. The van der Waals surface area contributed by atoms with E-state index in [1.54, 1.807) is 6.20 Å². The normalized spacial score (nSPS) is 10.5. The molecule has 104 valence electrons. The average Bonchev–Trinajstić information content (AvgIpc) is 2.53. The summed E-state index contributed by atoms with van der Waals surface area (Å²) in [6.07, 6.45) is 4.15. The Labute approximate surface area is 120 Å². The van der Waals surface area contributed by atoms with Gasteiger partial charge in [0.1, 0.15) is 24.2 Å². The number of nitrogens with zero attached hydrogens (tertiary/aromatic N) is 3. The molecule has 0 unspecified atom stereocenters. The van der Waals surface area contributed by atoms with Crippen molar-refractivity contribution in [1.29, 1.82) is 0 Å². The Balaban J connectivity index is 1.82. The predicted octanol–water partition coefficient (Wildman–Crippen LogP) is 2.30. The van der Waals surface area contributed by atoms with E-state index in [0.717, 1.165) is 10.9 Å². The van der Waals surface area contributed by atoms with Gasteiger partial charge in [0.15, 0.2) is 0 Å². The number of carboxylic acid groups (broad SMARTS) is 1. The number of aromatic carboxylic acids is 1. The molecule has 0 fully saturated rings. The summed E-state index contributed by atoms with van der Waals surface area (Å²) in [6, 6.07) is 9.52. The minimum absolute atomic E-state index is 0.0336. The van der Waals surface area contributed by atoms with Crippen LogP contribution in [0.4, 0.5) is 0 Å². The van der Waals surface area contributed by atoms with Gasteiger partial charge in [-0.2, -0.15) is 0 Å². The molecule has 1 aromatic carbocycles. The monoisotopic (exact) mass is 281 g/mol. The van der Waals surface area contributed by atoms with Gasteiger partial charge in [0.05, 0.1) is 17.4 Å². The number of fused-ring (bicyclic) bond motifs is 1. The van der Waals surface area contributed by atoms with Gasteiger partial charge in [-0.3, -0.25) is 4.98 Å². The third-order valence-corrected chi connectivity index (χ3v) is 2.97. The summed E-state index contributed by atoms with van der Waals surface area (Å²) in [5.41, 5.74) is 1.23. The predicted molar refractivity (Wildman–Crippen MR) is 75.1 cm³/mol. The summed E-state index contributed by atoms with van der Waals surface area (Å²) < 4.78 is 5.57. The van der Waals surface area contributed by atoms with Gasteiger partial charge in [0, 0.05) is 11.6 Å². The lowest BCUT2D eigenvalue weighted by atomic mass is 10.2. The smallest absolute Gasteiger partial charge is 0.339 e. The van der Waals surface area contributed by atoms with E-state index in [0.29, 0.717) is 11.4 Å². The number of rotatable bonds is 4. The molecule has 2 heterocycles. The van der Waals surface area contributed by atoms with E-state index in [4.69, 9.17) is 9.84 Å². The number of benzene rings is 1. The summed E-state index contributed by atoms with van der Waals surface area (Å²) in [7, 11) is 0. The molecule has 6 heteroatoms. The van der Waals surface area contributed by atoms with Crippen molar-refractivity contribution in [3.05, 3.63) is 60.3 Å². The number of hydrogen-bond acceptors (Lipinski definition) is 5. The molecule has 3 rings (SSSR count). The molecule has 0 aliphatic rings. The SMILES string of the molecule is O=C(O)c1cncnc1COc1cnc2ccccc2c1. The molecule has 0 amide bonds. The molecule has 0 atom stereocenters. The Hall–Kier alpha value is -3.02. The fourth-order valence-electron chi connectivity index (χ4n) is 1.93. The highest BCUT2D eigenvalue weighted by molar-refractivity contribution is 5.88. The van der Waals surface area contributed by atoms with E-state index in [1.807, 2.05) is 30.3 Å². The summed E-state index contributed by atoms with van der Waals surface area (Å²) in [5.74, 6) is -0.519. The number of para-hydroxylation sites is 1. The molecular weight excluding hydrogens is 270 g/mol. The van der Waals surface area contributed by atoms with Crippen LogP contribution in [0.2, 0.25) is 0 Å². The lowest BCUT2D eigenvalue weighted by Crippen LogP contribution is -2.08. The number of carboxylic acids is 1. The first-order valence-electron chi connectivity index (χ1n) is 6.24. The largest absolute Gasteiger partial charge is 0.486 e. The van der Waals surface area contributed by atoms with E-state index in [-0.39, 0.29) is 12.2 Å². The fourth-order valence-corrected chi connectivity index (χ4v) is 1.93. The number of ether oxygens (including phenoxy) is 1. The zero-order valence-corrected chi connectivity index (χ0v) is 10.9. The third kappa shape index (κ3) is 2.79. The van der Waals surface area contributed by atoms with Crippen molar-refractivity contribution in [3.8, 4) is 5.75 Å². The summed E-state index contributed by atoms with van der Waals surface area (Å²) in [4.78, 5) is 23.0. The Morgan fingerprint density at radius 3 is 2.90 bits per heavy atom. The lowest BCUT2D eigenvalue weighted by Gasteiger charge is -2.08. The topological polar surface area (TPSA) is 85.2 Å². The molecule has 0 saturated carbocycles. The van der Waals surface area contributed by atoms with Crippen LogP contribution in [0.3, 0.4) is 0 Å². The first-order chi connectivity index (χ1) is 10.2.